The van der Waals surface area contributed by atoms with Gasteiger partial charge in [-0.05, 0) is 72.1 Å². The molecule has 0 saturated carbocycles. The number of hydrogen-bond acceptors (Lipinski definition) is 4. The Kier molecular flexibility index (Phi) is 7.43. The lowest BCUT2D eigenvalue weighted by atomic mass is 10.1. The standard InChI is InChI=1S/C26H22Cl2N2O2S/c1-3-17-7-9-20(10-8-17)29-26-30-25(31)23(33-26)14-19-12-21(27)24(22(28)13-19)32-15-18-6-4-5-16(2)11-18/h4-14H,3,15H2,1-2H3,(H,29,30,31)/b23-14-. The monoisotopic (exact) mass is 496 g/mol. The molecule has 1 saturated heterocycles. The number of halogens is 2. The van der Waals surface area contributed by atoms with Gasteiger partial charge in [-0.2, -0.15) is 0 Å². The van der Waals surface area contributed by atoms with Crippen molar-refractivity contribution >= 4 is 57.8 Å². The molecule has 1 aliphatic rings. The van der Waals surface area contributed by atoms with Crippen LogP contribution >= 0.6 is 35.0 Å². The van der Waals surface area contributed by atoms with Crippen molar-refractivity contribution in [3.8, 4) is 5.75 Å². The van der Waals surface area contributed by atoms with E-state index in [1.54, 1.807) is 18.2 Å². The van der Waals surface area contributed by atoms with Crippen LogP contribution in [0.3, 0.4) is 0 Å². The van der Waals surface area contributed by atoms with Gasteiger partial charge in [0.1, 0.15) is 6.61 Å². The predicted molar refractivity (Wildman–Crippen MR) is 139 cm³/mol. The van der Waals surface area contributed by atoms with Crippen LogP contribution in [0.4, 0.5) is 5.69 Å². The summed E-state index contributed by atoms with van der Waals surface area (Å²) < 4.78 is 5.87. The highest BCUT2D eigenvalue weighted by Gasteiger charge is 2.24. The Morgan fingerprint density at radius 1 is 1.03 bits per heavy atom. The van der Waals surface area contributed by atoms with E-state index < -0.39 is 0 Å². The number of nitrogens with zero attached hydrogens (tertiary/aromatic N) is 1. The van der Waals surface area contributed by atoms with Gasteiger partial charge in [0.15, 0.2) is 10.9 Å². The summed E-state index contributed by atoms with van der Waals surface area (Å²) in [6, 6.07) is 19.5. The van der Waals surface area contributed by atoms with E-state index in [1.165, 1.54) is 17.3 Å². The maximum atomic E-state index is 12.4. The van der Waals surface area contributed by atoms with E-state index in [2.05, 4.69) is 17.2 Å². The van der Waals surface area contributed by atoms with Gasteiger partial charge in [-0.15, -0.1) is 0 Å². The molecule has 0 atom stereocenters. The first-order chi connectivity index (χ1) is 15.9. The number of thioether (sulfide) groups is 1. The lowest BCUT2D eigenvalue weighted by Crippen LogP contribution is -2.19. The Labute approximate surface area is 207 Å². The van der Waals surface area contributed by atoms with E-state index in [-0.39, 0.29) is 5.91 Å². The highest BCUT2D eigenvalue weighted by atomic mass is 35.5. The van der Waals surface area contributed by atoms with Crippen molar-refractivity contribution in [2.24, 2.45) is 4.99 Å². The average Bonchev–Trinajstić information content (AvgIpc) is 3.12. The van der Waals surface area contributed by atoms with Gasteiger partial charge in [-0.3, -0.25) is 4.79 Å². The normalized spacial score (nSPS) is 15.8. The van der Waals surface area contributed by atoms with Gasteiger partial charge in [0.05, 0.1) is 20.6 Å². The Hall–Kier alpha value is -2.73. The van der Waals surface area contributed by atoms with Gasteiger partial charge in [0.25, 0.3) is 5.91 Å². The largest absolute Gasteiger partial charge is 0.486 e. The highest BCUT2D eigenvalue weighted by Crippen LogP contribution is 2.37. The number of amidine groups is 1. The number of carbonyl (C=O) groups excluding carboxylic acids is 1. The lowest BCUT2D eigenvalue weighted by molar-refractivity contribution is -0.115. The minimum absolute atomic E-state index is 0.212. The molecule has 1 N–H and O–H groups in total. The molecule has 1 amide bonds. The van der Waals surface area contributed by atoms with Gasteiger partial charge >= 0.3 is 0 Å². The first-order valence-corrected chi connectivity index (χ1v) is 12.0. The summed E-state index contributed by atoms with van der Waals surface area (Å²) >= 11 is 14.2. The summed E-state index contributed by atoms with van der Waals surface area (Å²) in [7, 11) is 0. The molecule has 0 unspecified atom stereocenters. The first kappa shape index (κ1) is 23.4. The lowest BCUT2D eigenvalue weighted by Gasteiger charge is -2.11. The van der Waals surface area contributed by atoms with E-state index >= 15 is 0 Å². The molecule has 168 valence electrons. The number of carbonyl (C=O) groups is 1. The zero-order chi connectivity index (χ0) is 23.4. The Balaban J connectivity index is 1.49. The maximum absolute atomic E-state index is 12.4. The third kappa shape index (κ3) is 5.99. The van der Waals surface area contributed by atoms with Gasteiger partial charge in [0, 0.05) is 0 Å². The van der Waals surface area contributed by atoms with Gasteiger partial charge in [-0.1, -0.05) is 72.1 Å². The van der Waals surface area contributed by atoms with Crippen LogP contribution in [0.25, 0.3) is 6.08 Å². The van der Waals surface area contributed by atoms with Crippen LogP contribution in [-0.4, -0.2) is 11.1 Å². The van der Waals surface area contributed by atoms with E-state index in [9.17, 15) is 4.79 Å². The van der Waals surface area contributed by atoms with Crippen LogP contribution in [0.5, 0.6) is 5.75 Å². The second-order valence-electron chi connectivity index (χ2n) is 7.59. The van der Waals surface area contributed by atoms with Crippen LogP contribution in [0.2, 0.25) is 10.0 Å². The number of aliphatic imine (C=N–C) groups is 1. The zero-order valence-corrected chi connectivity index (χ0v) is 20.5. The Morgan fingerprint density at radius 3 is 2.42 bits per heavy atom. The first-order valence-electron chi connectivity index (χ1n) is 10.5. The van der Waals surface area contributed by atoms with Crippen molar-refractivity contribution in [1.29, 1.82) is 0 Å². The van der Waals surface area contributed by atoms with Crippen molar-refractivity contribution in [3.63, 3.8) is 0 Å². The Bertz CT molecular complexity index is 1230. The zero-order valence-electron chi connectivity index (χ0n) is 18.2. The van der Waals surface area contributed by atoms with E-state index in [0.717, 1.165) is 23.2 Å². The minimum atomic E-state index is -0.212. The molecular weight excluding hydrogens is 475 g/mol. The summed E-state index contributed by atoms with van der Waals surface area (Å²) in [4.78, 5) is 17.5. The summed E-state index contributed by atoms with van der Waals surface area (Å²) in [5, 5.41) is 4.10. The summed E-state index contributed by atoms with van der Waals surface area (Å²) in [6.07, 6.45) is 2.71. The van der Waals surface area contributed by atoms with Crippen molar-refractivity contribution in [2.75, 3.05) is 0 Å². The number of ether oxygens (including phenoxy) is 1. The Morgan fingerprint density at radius 2 is 1.76 bits per heavy atom. The number of amides is 1. The summed E-state index contributed by atoms with van der Waals surface area (Å²) in [5.41, 5.74) is 4.92. The van der Waals surface area contributed by atoms with Gasteiger partial charge < -0.3 is 10.1 Å². The molecule has 7 heteroatoms. The fourth-order valence-electron chi connectivity index (χ4n) is 3.31. The van der Waals surface area contributed by atoms with E-state index in [1.807, 2.05) is 55.5 Å². The van der Waals surface area contributed by atoms with Crippen molar-refractivity contribution in [2.45, 2.75) is 26.9 Å². The van der Waals surface area contributed by atoms with E-state index in [0.29, 0.717) is 38.0 Å². The summed E-state index contributed by atoms with van der Waals surface area (Å²) in [5.74, 6) is 0.208. The molecule has 0 radical (unpaired) electrons. The molecule has 4 rings (SSSR count). The number of aryl methyl sites for hydroxylation is 2. The number of nitrogens with one attached hydrogen (secondary N) is 1. The van der Waals surface area contributed by atoms with Crippen LogP contribution in [0.15, 0.2) is 70.6 Å². The molecule has 0 aromatic heterocycles. The number of hydrogen-bond donors (Lipinski definition) is 1. The summed E-state index contributed by atoms with van der Waals surface area (Å²) in [6.45, 7) is 4.49. The van der Waals surface area contributed by atoms with Gasteiger partial charge in [0.2, 0.25) is 0 Å². The van der Waals surface area contributed by atoms with Crippen molar-refractivity contribution < 1.29 is 9.53 Å². The molecular formula is C26H22Cl2N2O2S. The molecule has 1 aliphatic heterocycles. The van der Waals surface area contributed by atoms with Crippen LogP contribution < -0.4 is 10.1 Å². The molecule has 1 heterocycles. The van der Waals surface area contributed by atoms with Crippen LogP contribution in [0, 0.1) is 6.92 Å². The molecule has 0 spiro atoms. The van der Waals surface area contributed by atoms with Crippen molar-refractivity contribution in [3.05, 3.63) is 97.9 Å². The van der Waals surface area contributed by atoms with Crippen molar-refractivity contribution in [1.82, 2.24) is 5.32 Å². The predicted octanol–water partition coefficient (Wildman–Crippen LogP) is 7.33. The number of rotatable bonds is 6. The molecule has 4 nitrogen and oxygen atoms in total. The third-order valence-electron chi connectivity index (χ3n) is 5.01. The molecule has 0 bridgehead atoms. The molecule has 33 heavy (non-hydrogen) atoms. The minimum Gasteiger partial charge on any atom is -0.486 e. The second-order valence-corrected chi connectivity index (χ2v) is 9.44. The SMILES string of the molecule is CCc1ccc(N=C2NC(=O)/C(=C/c3cc(Cl)c(OCc4cccc(C)c4)c(Cl)c3)S2)cc1. The fourth-order valence-corrected chi connectivity index (χ4v) is 4.77. The molecule has 1 fully saturated rings. The molecule has 3 aromatic rings. The molecule has 0 aliphatic carbocycles. The fraction of sp³-hybridized carbons (Fsp3) is 0.154. The smallest absolute Gasteiger partial charge is 0.264 e. The van der Waals surface area contributed by atoms with E-state index in [4.69, 9.17) is 27.9 Å². The molecule has 3 aromatic carbocycles. The van der Waals surface area contributed by atoms with Crippen LogP contribution in [0.1, 0.15) is 29.2 Å². The average molecular weight is 497 g/mol. The number of benzene rings is 3. The quantitative estimate of drug-likeness (QED) is 0.363. The maximum Gasteiger partial charge on any atom is 0.264 e. The topological polar surface area (TPSA) is 50.7 Å². The highest BCUT2D eigenvalue weighted by molar-refractivity contribution is 8.18. The second kappa shape index (κ2) is 10.5. The third-order valence-corrected chi connectivity index (χ3v) is 6.48. The van der Waals surface area contributed by atoms with Crippen LogP contribution in [-0.2, 0) is 17.8 Å². The van der Waals surface area contributed by atoms with Gasteiger partial charge in [-0.25, -0.2) is 4.99 Å².